The number of nitrogens with zero attached hydrogens (tertiary/aromatic N) is 3. The Kier molecular flexibility index (Phi) is 10.6. The lowest BCUT2D eigenvalue weighted by Crippen LogP contribution is -2.47. The molecule has 0 spiro atoms. The molecule has 0 saturated heterocycles. The molecule has 0 radical (unpaired) electrons. The Morgan fingerprint density at radius 1 is 1.05 bits per heavy atom. The number of amides is 3. The van der Waals surface area contributed by atoms with E-state index in [0.29, 0.717) is 24.5 Å². The molecule has 3 amide bonds. The van der Waals surface area contributed by atoms with E-state index in [1.165, 1.54) is 5.56 Å². The fourth-order valence-electron chi connectivity index (χ4n) is 4.04. The van der Waals surface area contributed by atoms with Crippen LogP contribution in [-0.4, -0.2) is 52.5 Å². The molecule has 2 aromatic carbocycles. The number of urea groups is 1. The number of halogens is 1. The molecule has 8 heteroatoms. The van der Waals surface area contributed by atoms with Gasteiger partial charge in [0.2, 0.25) is 5.91 Å². The molecule has 0 unspecified atom stereocenters. The van der Waals surface area contributed by atoms with E-state index in [9.17, 15) is 9.59 Å². The predicted molar refractivity (Wildman–Crippen MR) is 152 cm³/mol. The Labute approximate surface area is 228 Å². The second kappa shape index (κ2) is 13.9. The summed E-state index contributed by atoms with van der Waals surface area (Å²) in [6.45, 7) is 7.78. The van der Waals surface area contributed by atoms with E-state index in [2.05, 4.69) is 50.9 Å². The number of hydrogen-bond donors (Lipinski definition) is 1. The molecule has 198 valence electrons. The van der Waals surface area contributed by atoms with Gasteiger partial charge >= 0.3 is 6.03 Å². The van der Waals surface area contributed by atoms with Crippen molar-refractivity contribution >= 4 is 33.6 Å². The number of methoxy groups -OCH3 is 1. The SMILES string of the molecule is CCCCN(Cc1cccn1Cc1ccc(Br)cc1)C(=O)CN(C(=O)Nc1ccccc1OC)C(C)C. The number of para-hydroxylation sites is 2. The van der Waals surface area contributed by atoms with Crippen LogP contribution >= 0.6 is 15.9 Å². The summed E-state index contributed by atoms with van der Waals surface area (Å²) in [5.41, 5.74) is 2.81. The van der Waals surface area contributed by atoms with Gasteiger partial charge in [0.1, 0.15) is 12.3 Å². The molecule has 0 aliphatic heterocycles. The summed E-state index contributed by atoms with van der Waals surface area (Å²) < 4.78 is 8.57. The first-order valence-corrected chi connectivity index (χ1v) is 13.5. The van der Waals surface area contributed by atoms with E-state index in [1.807, 2.05) is 55.3 Å². The lowest BCUT2D eigenvalue weighted by molar-refractivity contribution is -0.132. The first-order chi connectivity index (χ1) is 17.8. The molecule has 0 atom stereocenters. The number of ether oxygens (including phenoxy) is 1. The molecular weight excluding hydrogens is 532 g/mol. The van der Waals surface area contributed by atoms with Crippen molar-refractivity contribution in [2.75, 3.05) is 25.5 Å². The second-order valence-corrected chi connectivity index (χ2v) is 10.2. The van der Waals surface area contributed by atoms with Crippen LogP contribution in [-0.2, 0) is 17.9 Å². The summed E-state index contributed by atoms with van der Waals surface area (Å²) in [5.74, 6) is 0.496. The first kappa shape index (κ1) is 28.3. The minimum absolute atomic E-state index is 0.00418. The van der Waals surface area contributed by atoms with E-state index in [1.54, 1.807) is 24.1 Å². The summed E-state index contributed by atoms with van der Waals surface area (Å²) in [4.78, 5) is 30.1. The molecule has 0 aliphatic carbocycles. The highest BCUT2D eigenvalue weighted by Gasteiger charge is 2.25. The average molecular weight is 570 g/mol. The summed E-state index contributed by atoms with van der Waals surface area (Å²) in [7, 11) is 1.56. The van der Waals surface area contributed by atoms with E-state index in [0.717, 1.165) is 29.6 Å². The summed E-state index contributed by atoms with van der Waals surface area (Å²) in [5, 5.41) is 2.90. The van der Waals surface area contributed by atoms with Gasteiger partial charge in [0, 0.05) is 35.5 Å². The van der Waals surface area contributed by atoms with Gasteiger partial charge in [0.25, 0.3) is 0 Å². The van der Waals surface area contributed by atoms with E-state index < -0.39 is 0 Å². The van der Waals surface area contributed by atoms with Crippen LogP contribution in [0.15, 0.2) is 71.3 Å². The number of carbonyl (C=O) groups excluding carboxylic acids is 2. The number of aromatic nitrogens is 1. The zero-order valence-electron chi connectivity index (χ0n) is 22.1. The number of unbranched alkanes of at least 4 members (excludes halogenated alkanes) is 1. The third kappa shape index (κ3) is 8.12. The number of benzene rings is 2. The maximum atomic E-state index is 13.5. The maximum Gasteiger partial charge on any atom is 0.322 e. The lowest BCUT2D eigenvalue weighted by Gasteiger charge is -2.30. The summed E-state index contributed by atoms with van der Waals surface area (Å²) in [6.07, 6.45) is 3.92. The van der Waals surface area contributed by atoms with Gasteiger partial charge in [-0.05, 0) is 62.2 Å². The van der Waals surface area contributed by atoms with Crippen LogP contribution in [0, 0.1) is 0 Å². The molecule has 3 rings (SSSR count). The van der Waals surface area contributed by atoms with Crippen LogP contribution in [0.1, 0.15) is 44.9 Å². The third-order valence-corrected chi connectivity index (χ3v) is 6.74. The van der Waals surface area contributed by atoms with Crippen molar-refractivity contribution in [3.05, 3.63) is 82.6 Å². The van der Waals surface area contributed by atoms with Gasteiger partial charge in [0.05, 0.1) is 19.3 Å². The van der Waals surface area contributed by atoms with Crippen LogP contribution < -0.4 is 10.1 Å². The first-order valence-electron chi connectivity index (χ1n) is 12.7. The van der Waals surface area contributed by atoms with Crippen LogP contribution in [0.5, 0.6) is 5.75 Å². The summed E-state index contributed by atoms with van der Waals surface area (Å²) in [6, 6.07) is 19.1. The van der Waals surface area contributed by atoms with Gasteiger partial charge in [-0.15, -0.1) is 0 Å². The van der Waals surface area contributed by atoms with Gasteiger partial charge in [-0.1, -0.05) is 53.5 Å². The molecule has 0 fully saturated rings. The minimum atomic E-state index is -0.332. The fraction of sp³-hybridized carbons (Fsp3) is 0.379. The average Bonchev–Trinajstić information content (AvgIpc) is 3.32. The minimum Gasteiger partial charge on any atom is -0.495 e. The standard InChI is InChI=1S/C29H37BrN4O3/c1-5-6-17-33(20-25-10-9-18-32(25)19-23-13-15-24(30)16-14-23)28(35)21-34(22(2)3)29(36)31-26-11-7-8-12-27(26)37-4/h7-16,18,22H,5-6,17,19-21H2,1-4H3,(H,31,36). The monoisotopic (exact) mass is 568 g/mol. The quantitative estimate of drug-likeness (QED) is 0.275. The van der Waals surface area contributed by atoms with Crippen LogP contribution in [0.3, 0.4) is 0 Å². The molecule has 0 aliphatic rings. The number of nitrogens with one attached hydrogen (secondary N) is 1. The molecule has 0 bridgehead atoms. The Hall–Kier alpha value is -3.26. The zero-order chi connectivity index (χ0) is 26.8. The fourth-order valence-corrected chi connectivity index (χ4v) is 4.30. The topological polar surface area (TPSA) is 66.8 Å². The van der Waals surface area contributed by atoms with Gasteiger partial charge < -0.3 is 24.4 Å². The van der Waals surface area contributed by atoms with Crippen LogP contribution in [0.2, 0.25) is 0 Å². The van der Waals surface area contributed by atoms with E-state index >= 15 is 0 Å². The van der Waals surface area contributed by atoms with Crippen molar-refractivity contribution < 1.29 is 14.3 Å². The number of rotatable bonds is 12. The van der Waals surface area contributed by atoms with E-state index in [-0.39, 0.29) is 24.5 Å². The van der Waals surface area contributed by atoms with E-state index in [4.69, 9.17) is 4.74 Å². The smallest absolute Gasteiger partial charge is 0.322 e. The van der Waals surface area contributed by atoms with Crippen molar-refractivity contribution in [2.45, 2.75) is 52.7 Å². The Balaban J connectivity index is 1.73. The molecule has 1 heterocycles. The highest BCUT2D eigenvalue weighted by atomic mass is 79.9. The molecule has 1 N–H and O–H groups in total. The highest BCUT2D eigenvalue weighted by Crippen LogP contribution is 2.24. The normalized spacial score (nSPS) is 10.9. The maximum absolute atomic E-state index is 13.5. The van der Waals surface area contributed by atoms with Gasteiger partial charge in [0.15, 0.2) is 0 Å². The molecule has 0 saturated carbocycles. The zero-order valence-corrected chi connectivity index (χ0v) is 23.7. The van der Waals surface area contributed by atoms with Crippen molar-refractivity contribution in [3.63, 3.8) is 0 Å². The number of carbonyl (C=O) groups is 2. The highest BCUT2D eigenvalue weighted by molar-refractivity contribution is 9.10. The van der Waals surface area contributed by atoms with Crippen LogP contribution in [0.4, 0.5) is 10.5 Å². The molecule has 3 aromatic rings. The Morgan fingerprint density at radius 3 is 2.46 bits per heavy atom. The molecule has 7 nitrogen and oxygen atoms in total. The Bertz CT molecular complexity index is 1160. The van der Waals surface area contributed by atoms with Crippen molar-refractivity contribution in [1.82, 2.24) is 14.4 Å². The van der Waals surface area contributed by atoms with Crippen molar-refractivity contribution in [3.8, 4) is 5.75 Å². The molecule has 1 aromatic heterocycles. The number of hydrogen-bond acceptors (Lipinski definition) is 3. The molecular formula is C29H37BrN4O3. The molecule has 37 heavy (non-hydrogen) atoms. The van der Waals surface area contributed by atoms with Gasteiger partial charge in [-0.3, -0.25) is 4.79 Å². The van der Waals surface area contributed by atoms with Crippen LogP contribution in [0.25, 0.3) is 0 Å². The van der Waals surface area contributed by atoms with Crippen molar-refractivity contribution in [1.29, 1.82) is 0 Å². The lowest BCUT2D eigenvalue weighted by atomic mass is 10.2. The van der Waals surface area contributed by atoms with Crippen molar-refractivity contribution in [2.24, 2.45) is 0 Å². The predicted octanol–water partition coefficient (Wildman–Crippen LogP) is 6.38. The van der Waals surface area contributed by atoms with Gasteiger partial charge in [-0.2, -0.15) is 0 Å². The largest absolute Gasteiger partial charge is 0.495 e. The number of anilines is 1. The third-order valence-electron chi connectivity index (χ3n) is 6.22. The van der Waals surface area contributed by atoms with Gasteiger partial charge in [-0.25, -0.2) is 4.79 Å². The summed E-state index contributed by atoms with van der Waals surface area (Å²) >= 11 is 3.49. The Morgan fingerprint density at radius 2 is 1.78 bits per heavy atom. The second-order valence-electron chi connectivity index (χ2n) is 9.27.